The molecule has 2 aromatic carbocycles. The molecule has 12 heteroatoms. The Balaban J connectivity index is 2.19. The van der Waals surface area contributed by atoms with Crippen LogP contribution in [0.3, 0.4) is 0 Å². The van der Waals surface area contributed by atoms with Crippen LogP contribution in [0, 0.1) is 12.8 Å². The number of Topliss-reactive ketones (excluding diaryl/α,β-unsaturated/α-hetero) is 1. The predicted octanol–water partition coefficient (Wildman–Crippen LogP) is 9.00. The number of carbonyl (C=O) groups excluding carboxylic acids is 1. The number of rotatable bonds is 8. The Kier molecular flexibility index (Phi) is 10.3. The molecule has 0 fully saturated rings. The van der Waals surface area contributed by atoms with Crippen molar-refractivity contribution < 1.29 is 31.1 Å². The molecule has 2 rings (SSSR count). The van der Waals surface area contributed by atoms with Gasteiger partial charge in [-0.15, -0.1) is 0 Å². The number of hydrogen-bond acceptors (Lipinski definition) is 2. The summed E-state index contributed by atoms with van der Waals surface area (Å²) in [6, 6.07) is 6.65. The van der Waals surface area contributed by atoms with Gasteiger partial charge in [0.05, 0.1) is 26.0 Å². The monoisotopic (exact) mass is 589 g/mol. The van der Waals surface area contributed by atoms with Gasteiger partial charge in [0, 0.05) is 17.9 Å². The molecule has 0 aromatic heterocycles. The topological polar surface area (TPSA) is 29.1 Å². The molecule has 0 spiro atoms. The molecule has 1 unspecified atom stereocenters. The van der Waals surface area contributed by atoms with Crippen molar-refractivity contribution in [3.8, 4) is 0 Å². The fourth-order valence-corrected chi connectivity index (χ4v) is 4.09. The van der Waals surface area contributed by atoms with E-state index in [-0.39, 0.29) is 37.8 Å². The van der Waals surface area contributed by atoms with Gasteiger partial charge in [0.25, 0.3) is 0 Å². The van der Waals surface area contributed by atoms with Crippen molar-refractivity contribution in [2.24, 2.45) is 5.92 Å². The van der Waals surface area contributed by atoms with Crippen LogP contribution in [0.15, 0.2) is 36.4 Å². The Morgan fingerprint density at radius 3 is 2.14 bits per heavy atom. The smallest absolute Gasteiger partial charge is 0.371 e. The molecule has 36 heavy (non-hydrogen) atoms. The molecule has 0 aliphatic heterocycles. The zero-order valence-corrected chi connectivity index (χ0v) is 21.9. The number of ketones is 1. The highest BCUT2D eigenvalue weighted by Gasteiger charge is 2.39. The average Bonchev–Trinajstić information content (AvgIpc) is 2.74. The van der Waals surface area contributed by atoms with Crippen molar-refractivity contribution in [2.75, 3.05) is 6.54 Å². The summed E-state index contributed by atoms with van der Waals surface area (Å²) in [6.45, 7) is 1.84. The average molecular weight is 591 g/mol. The van der Waals surface area contributed by atoms with E-state index in [0.29, 0.717) is 16.7 Å². The van der Waals surface area contributed by atoms with Gasteiger partial charge in [0.15, 0.2) is 5.78 Å². The van der Waals surface area contributed by atoms with Gasteiger partial charge in [-0.2, -0.15) is 26.3 Å². The van der Waals surface area contributed by atoms with E-state index in [1.165, 1.54) is 31.2 Å². The van der Waals surface area contributed by atoms with Crippen LogP contribution in [0.25, 0.3) is 6.08 Å². The van der Waals surface area contributed by atoms with E-state index in [1.54, 1.807) is 6.92 Å². The molecule has 0 heterocycles. The number of alkyl halides is 6. The van der Waals surface area contributed by atoms with Crippen molar-refractivity contribution in [3.63, 3.8) is 0 Å². The molecule has 0 saturated heterocycles. The summed E-state index contributed by atoms with van der Waals surface area (Å²) in [7, 11) is 0. The number of carbonyl (C=O) groups is 1. The highest BCUT2D eigenvalue weighted by molar-refractivity contribution is 7.80. The normalized spacial score (nSPS) is 14.1. The second-order valence-electron chi connectivity index (χ2n) is 8.11. The SMILES string of the molecule is Cc1cc(/C=C/C(c2cc(Cl)c(Cl)c(Cl)c2)C(F)(F)F)ccc1C(=O)C[C@H](C)C(=S)NCC(F)(F)F. The summed E-state index contributed by atoms with van der Waals surface area (Å²) in [5.41, 5.74) is 0.997. The van der Waals surface area contributed by atoms with Crippen molar-refractivity contribution in [1.29, 1.82) is 0 Å². The van der Waals surface area contributed by atoms with Gasteiger partial charge in [-0.05, 0) is 35.7 Å². The maximum absolute atomic E-state index is 13.7. The summed E-state index contributed by atoms with van der Waals surface area (Å²) in [5, 5.41) is 1.83. The number of hydrogen-bond donors (Lipinski definition) is 1. The maximum atomic E-state index is 13.7. The van der Waals surface area contributed by atoms with Gasteiger partial charge in [-0.1, -0.05) is 84.3 Å². The zero-order chi connectivity index (χ0) is 27.4. The van der Waals surface area contributed by atoms with Crippen molar-refractivity contribution in [3.05, 3.63) is 73.7 Å². The van der Waals surface area contributed by atoms with E-state index in [9.17, 15) is 31.1 Å². The third-order valence-electron chi connectivity index (χ3n) is 5.15. The van der Waals surface area contributed by atoms with Crippen molar-refractivity contribution in [2.45, 2.75) is 38.5 Å². The maximum Gasteiger partial charge on any atom is 0.405 e. The van der Waals surface area contributed by atoms with Gasteiger partial charge >= 0.3 is 12.4 Å². The highest BCUT2D eigenvalue weighted by atomic mass is 35.5. The van der Waals surface area contributed by atoms with E-state index in [4.69, 9.17) is 47.0 Å². The molecule has 2 aromatic rings. The molecule has 196 valence electrons. The molecule has 2 atom stereocenters. The van der Waals surface area contributed by atoms with E-state index in [0.717, 1.165) is 18.2 Å². The van der Waals surface area contributed by atoms with Gasteiger partial charge in [0.2, 0.25) is 0 Å². The number of halogens is 9. The lowest BCUT2D eigenvalue weighted by Crippen LogP contribution is -2.36. The second-order valence-corrected chi connectivity index (χ2v) is 9.74. The predicted molar refractivity (Wildman–Crippen MR) is 135 cm³/mol. The van der Waals surface area contributed by atoms with Gasteiger partial charge in [0.1, 0.15) is 6.54 Å². The van der Waals surface area contributed by atoms with Crippen molar-refractivity contribution in [1.82, 2.24) is 5.32 Å². The fourth-order valence-electron chi connectivity index (χ4n) is 3.32. The molecule has 0 amide bonds. The number of thiocarbonyl (C=S) groups is 1. The molecule has 0 aliphatic rings. The van der Waals surface area contributed by atoms with Gasteiger partial charge < -0.3 is 5.32 Å². The number of aryl methyl sites for hydroxylation is 1. The van der Waals surface area contributed by atoms with Crippen LogP contribution in [0.1, 0.15) is 46.3 Å². The van der Waals surface area contributed by atoms with E-state index in [1.807, 2.05) is 0 Å². The van der Waals surface area contributed by atoms with Crippen LogP contribution in [0.4, 0.5) is 26.3 Å². The van der Waals surface area contributed by atoms with E-state index in [2.05, 4.69) is 5.32 Å². The van der Waals surface area contributed by atoms with Crippen LogP contribution in [-0.4, -0.2) is 29.7 Å². The molecule has 0 radical (unpaired) electrons. The lowest BCUT2D eigenvalue weighted by Gasteiger charge is -2.18. The van der Waals surface area contributed by atoms with Crippen LogP contribution < -0.4 is 5.32 Å². The number of nitrogens with one attached hydrogen (secondary N) is 1. The van der Waals surface area contributed by atoms with Gasteiger partial charge in [-0.3, -0.25) is 4.79 Å². The first-order valence-electron chi connectivity index (χ1n) is 10.4. The first-order valence-corrected chi connectivity index (χ1v) is 11.9. The number of benzene rings is 2. The van der Waals surface area contributed by atoms with E-state index >= 15 is 0 Å². The molecular formula is C24H20Cl3F6NOS. The van der Waals surface area contributed by atoms with Crippen LogP contribution in [0.2, 0.25) is 15.1 Å². The lowest BCUT2D eigenvalue weighted by atomic mass is 9.94. The largest absolute Gasteiger partial charge is 0.405 e. The first-order chi connectivity index (χ1) is 16.5. The Labute approximate surface area is 224 Å². The Morgan fingerprint density at radius 2 is 1.64 bits per heavy atom. The fraction of sp³-hybridized carbons (Fsp3) is 0.333. The molecule has 0 bridgehead atoms. The minimum Gasteiger partial charge on any atom is -0.371 e. The van der Waals surface area contributed by atoms with Crippen LogP contribution in [-0.2, 0) is 0 Å². The molecule has 1 N–H and O–H groups in total. The zero-order valence-electron chi connectivity index (χ0n) is 18.8. The lowest BCUT2D eigenvalue weighted by molar-refractivity contribution is -0.139. The van der Waals surface area contributed by atoms with Crippen LogP contribution >= 0.6 is 47.0 Å². The quantitative estimate of drug-likeness (QED) is 0.144. The van der Waals surface area contributed by atoms with Crippen LogP contribution in [0.5, 0.6) is 0 Å². The molecule has 2 nitrogen and oxygen atoms in total. The molecule has 0 aliphatic carbocycles. The summed E-state index contributed by atoms with van der Waals surface area (Å²) in [5.74, 6) is -3.01. The standard InChI is InChI=1S/C24H20Cl3F6NOS/c1-12-7-14(3-5-16(12)20(35)8-13(2)22(36)34-11-23(28,29)30)4-6-17(24(31,32)33)15-9-18(25)21(27)19(26)10-15/h3-7,9-10,13,17H,8,11H2,1-2H3,(H,34,36)/b6-4+/t13-,17?/m0/s1. The minimum atomic E-state index is -4.64. The van der Waals surface area contributed by atoms with E-state index < -0.39 is 30.7 Å². The van der Waals surface area contributed by atoms with Gasteiger partial charge in [-0.25, -0.2) is 0 Å². The second kappa shape index (κ2) is 12.2. The summed E-state index contributed by atoms with van der Waals surface area (Å²) in [4.78, 5) is 12.6. The number of allylic oxidation sites excluding steroid dienone is 1. The third kappa shape index (κ3) is 8.64. The van der Waals surface area contributed by atoms with Crippen molar-refractivity contribution >= 4 is 63.9 Å². The Bertz CT molecular complexity index is 1140. The summed E-state index contributed by atoms with van der Waals surface area (Å²) >= 11 is 22.5. The summed E-state index contributed by atoms with van der Waals surface area (Å²) in [6.07, 6.45) is -7.01. The highest BCUT2D eigenvalue weighted by Crippen LogP contribution is 2.41. The first kappa shape index (κ1) is 30.4. The Morgan fingerprint density at radius 1 is 1.06 bits per heavy atom. The summed E-state index contributed by atoms with van der Waals surface area (Å²) < 4.78 is 78.3. The third-order valence-corrected chi connectivity index (χ3v) is 6.90. The minimum absolute atomic E-state index is 0.0471. The molecule has 0 saturated carbocycles. The Hall–Kier alpha value is -1.81. The molecular weight excluding hydrogens is 571 g/mol.